The molecule has 0 saturated heterocycles. The van der Waals surface area contributed by atoms with Gasteiger partial charge in [-0.3, -0.25) is 4.79 Å². The number of amides is 1. The number of nitrogens with zero attached hydrogens (tertiary/aromatic N) is 1. The van der Waals surface area contributed by atoms with Gasteiger partial charge in [0.25, 0.3) is 0 Å². The van der Waals surface area contributed by atoms with E-state index in [9.17, 15) is 13.2 Å². The Morgan fingerprint density at radius 3 is 2.00 bits per heavy atom. The van der Waals surface area contributed by atoms with Gasteiger partial charge >= 0.3 is 0 Å². The maximum absolute atomic E-state index is 14.4. The zero-order valence-electron chi connectivity index (χ0n) is 23.5. The summed E-state index contributed by atoms with van der Waals surface area (Å²) in [7, 11) is -3.91. The molecule has 4 fully saturated rings. The van der Waals surface area contributed by atoms with Crippen molar-refractivity contribution >= 4 is 15.9 Å². The first-order chi connectivity index (χ1) is 18.0. The molecule has 4 aliphatic carbocycles. The summed E-state index contributed by atoms with van der Waals surface area (Å²) in [6, 6.07) is 9.30. The monoisotopic (exact) mass is 534 g/mol. The summed E-state index contributed by atoms with van der Waals surface area (Å²) in [5.74, 6) is 2.25. The summed E-state index contributed by atoms with van der Waals surface area (Å²) in [6.45, 7) is 10.1. The van der Waals surface area contributed by atoms with E-state index >= 15 is 0 Å². The molecule has 5 nitrogen and oxygen atoms in total. The summed E-state index contributed by atoms with van der Waals surface area (Å²) < 4.78 is 30.3. The van der Waals surface area contributed by atoms with Crippen molar-refractivity contribution in [1.29, 1.82) is 0 Å². The minimum absolute atomic E-state index is 0.0508. The van der Waals surface area contributed by atoms with Gasteiger partial charge < -0.3 is 5.32 Å². The molecule has 2 atom stereocenters. The lowest BCUT2D eigenvalue weighted by Crippen LogP contribution is -2.59. The van der Waals surface area contributed by atoms with E-state index in [4.69, 9.17) is 0 Å². The lowest BCUT2D eigenvalue weighted by molar-refractivity contribution is -0.130. The predicted molar refractivity (Wildman–Crippen MR) is 150 cm³/mol. The van der Waals surface area contributed by atoms with Gasteiger partial charge in [-0.15, -0.1) is 0 Å². The molecule has 7 rings (SSSR count). The average Bonchev–Trinajstić information content (AvgIpc) is 2.86. The number of hydrogen-bond donors (Lipinski definition) is 1. The highest BCUT2D eigenvalue weighted by atomic mass is 32.2. The molecule has 0 radical (unpaired) electrons. The van der Waals surface area contributed by atoms with Crippen molar-refractivity contribution < 1.29 is 13.2 Å². The molecule has 6 heteroatoms. The third-order valence-electron chi connectivity index (χ3n) is 10.7. The van der Waals surface area contributed by atoms with Crippen LogP contribution in [0, 0.1) is 50.9 Å². The molecule has 0 unspecified atom stereocenters. The molecule has 1 aliphatic heterocycles. The van der Waals surface area contributed by atoms with Crippen LogP contribution in [-0.4, -0.2) is 30.7 Å². The van der Waals surface area contributed by atoms with Gasteiger partial charge in [-0.05, 0) is 136 Å². The van der Waals surface area contributed by atoms with E-state index in [0.29, 0.717) is 11.3 Å². The first kappa shape index (κ1) is 26.1. The number of nitrogens with one attached hydrogen (secondary N) is 1. The van der Waals surface area contributed by atoms with Gasteiger partial charge in [0.15, 0.2) is 0 Å². The van der Waals surface area contributed by atoms with Crippen molar-refractivity contribution in [2.24, 2.45) is 23.2 Å². The quantitative estimate of drug-likeness (QED) is 0.531. The first-order valence-corrected chi connectivity index (χ1v) is 15.9. The van der Waals surface area contributed by atoms with Gasteiger partial charge in [0.2, 0.25) is 15.9 Å². The fraction of sp³-hybridized carbons (Fsp3) is 0.594. The van der Waals surface area contributed by atoms with Crippen LogP contribution in [0.4, 0.5) is 0 Å². The Labute approximate surface area is 228 Å². The highest BCUT2D eigenvalue weighted by Crippen LogP contribution is 2.61. The van der Waals surface area contributed by atoms with E-state index in [1.54, 1.807) is 0 Å². The SMILES string of the molecule is Cc1cc(C)c(C)c(S(=O)(=O)N2Cc3ccccc3C[C@@H]2C(=O)N[C@@H](C)C23CC4CC(CC(C4)C2)C3)c1C. The molecular weight excluding hydrogens is 492 g/mol. The highest BCUT2D eigenvalue weighted by molar-refractivity contribution is 7.89. The second-order valence-electron chi connectivity index (χ2n) is 13.1. The molecule has 1 heterocycles. The van der Waals surface area contributed by atoms with E-state index in [1.807, 2.05) is 58.0 Å². The van der Waals surface area contributed by atoms with E-state index in [1.165, 1.54) is 42.8 Å². The maximum atomic E-state index is 14.4. The topological polar surface area (TPSA) is 66.5 Å². The molecule has 1 amide bonds. The van der Waals surface area contributed by atoms with Crippen LogP contribution in [0.15, 0.2) is 35.2 Å². The van der Waals surface area contributed by atoms with Crippen LogP contribution in [0.25, 0.3) is 0 Å². The van der Waals surface area contributed by atoms with Gasteiger partial charge in [0, 0.05) is 12.6 Å². The van der Waals surface area contributed by atoms with E-state index in [2.05, 4.69) is 12.2 Å². The third kappa shape index (κ3) is 4.14. The summed E-state index contributed by atoms with van der Waals surface area (Å²) in [5.41, 5.74) is 5.67. The van der Waals surface area contributed by atoms with Gasteiger partial charge in [-0.2, -0.15) is 4.31 Å². The van der Waals surface area contributed by atoms with Gasteiger partial charge in [0.05, 0.1) is 4.90 Å². The molecule has 2 aromatic carbocycles. The van der Waals surface area contributed by atoms with E-state index in [0.717, 1.165) is 51.1 Å². The summed E-state index contributed by atoms with van der Waals surface area (Å²) in [6.07, 6.45) is 8.10. The van der Waals surface area contributed by atoms with Crippen LogP contribution < -0.4 is 5.32 Å². The lowest BCUT2D eigenvalue weighted by atomic mass is 9.48. The fourth-order valence-electron chi connectivity index (χ4n) is 8.83. The number of aryl methyl sites for hydroxylation is 2. The minimum Gasteiger partial charge on any atom is -0.352 e. The summed E-state index contributed by atoms with van der Waals surface area (Å²) >= 11 is 0. The van der Waals surface area contributed by atoms with Crippen LogP contribution >= 0.6 is 0 Å². The van der Waals surface area contributed by atoms with Gasteiger partial charge in [-0.25, -0.2) is 8.42 Å². The zero-order chi connectivity index (χ0) is 27.0. The number of sulfonamides is 1. The molecule has 5 aliphatic rings. The number of carbonyl (C=O) groups is 1. The normalized spacial score (nSPS) is 31.2. The Bertz CT molecular complexity index is 1330. The molecule has 2 aromatic rings. The standard InChI is InChI=1S/C32H42N2O3S/c1-19-10-20(2)22(4)30(21(19)3)38(36,37)34-18-28-9-7-6-8-27(28)14-29(34)31(35)33-23(5)32-15-24-11-25(16-32)13-26(12-24)17-32/h6-10,23-26,29H,11-18H2,1-5H3,(H,33,35)/t23-,24?,25?,26?,29+,32?/m0/s1. The molecule has 204 valence electrons. The second-order valence-corrected chi connectivity index (χ2v) is 15.0. The molecule has 4 saturated carbocycles. The molecule has 4 bridgehead atoms. The zero-order valence-corrected chi connectivity index (χ0v) is 24.3. The van der Waals surface area contributed by atoms with Crippen LogP contribution in [0.1, 0.15) is 78.8 Å². The van der Waals surface area contributed by atoms with Crippen LogP contribution in [0.2, 0.25) is 0 Å². The Morgan fingerprint density at radius 1 is 0.921 bits per heavy atom. The number of benzene rings is 2. The number of hydrogen-bond acceptors (Lipinski definition) is 3. The van der Waals surface area contributed by atoms with Crippen LogP contribution in [-0.2, 0) is 27.8 Å². The van der Waals surface area contributed by atoms with Gasteiger partial charge in [-0.1, -0.05) is 30.3 Å². The van der Waals surface area contributed by atoms with Crippen molar-refractivity contribution in [3.05, 3.63) is 63.7 Å². The molecule has 1 N–H and O–H groups in total. The molecular formula is C32H42N2O3S. The van der Waals surface area contributed by atoms with Crippen molar-refractivity contribution in [2.75, 3.05) is 0 Å². The largest absolute Gasteiger partial charge is 0.352 e. The Kier molecular flexibility index (Phi) is 6.31. The predicted octanol–water partition coefficient (Wildman–Crippen LogP) is 5.76. The van der Waals surface area contributed by atoms with Crippen molar-refractivity contribution in [3.8, 4) is 0 Å². The lowest BCUT2D eigenvalue weighted by Gasteiger charge is -2.59. The molecule has 0 spiro atoms. The first-order valence-electron chi connectivity index (χ1n) is 14.4. The summed E-state index contributed by atoms with van der Waals surface area (Å²) in [5, 5.41) is 3.40. The Balaban J connectivity index is 1.34. The minimum atomic E-state index is -3.91. The maximum Gasteiger partial charge on any atom is 0.244 e. The van der Waals surface area contributed by atoms with Crippen molar-refractivity contribution in [1.82, 2.24) is 9.62 Å². The fourth-order valence-corrected chi connectivity index (χ4v) is 11.0. The van der Waals surface area contributed by atoms with Crippen LogP contribution in [0.3, 0.4) is 0 Å². The van der Waals surface area contributed by atoms with E-state index in [-0.39, 0.29) is 23.9 Å². The Hall–Kier alpha value is -2.18. The number of rotatable bonds is 5. The van der Waals surface area contributed by atoms with Crippen molar-refractivity contribution in [3.63, 3.8) is 0 Å². The van der Waals surface area contributed by atoms with Gasteiger partial charge in [0.1, 0.15) is 6.04 Å². The van der Waals surface area contributed by atoms with E-state index < -0.39 is 16.1 Å². The number of carbonyl (C=O) groups excluding carboxylic acids is 1. The second kappa shape index (κ2) is 9.19. The Morgan fingerprint density at radius 2 is 1.45 bits per heavy atom. The highest BCUT2D eigenvalue weighted by Gasteiger charge is 2.54. The number of fused-ring (bicyclic) bond motifs is 1. The average molecular weight is 535 g/mol. The smallest absolute Gasteiger partial charge is 0.244 e. The van der Waals surface area contributed by atoms with Crippen molar-refractivity contribution in [2.45, 2.75) is 103 Å². The summed E-state index contributed by atoms with van der Waals surface area (Å²) in [4.78, 5) is 14.4. The van der Waals surface area contributed by atoms with Crippen LogP contribution in [0.5, 0.6) is 0 Å². The molecule has 0 aromatic heterocycles. The third-order valence-corrected chi connectivity index (χ3v) is 12.9. The molecule has 38 heavy (non-hydrogen) atoms.